The van der Waals surface area contributed by atoms with Crippen LogP contribution in [0.1, 0.15) is 292 Å². The van der Waals surface area contributed by atoms with E-state index in [1.807, 2.05) is 16.3 Å². The third-order valence-corrected chi connectivity index (χ3v) is 23.3. The molecule has 8 heterocycles. The quantitative estimate of drug-likeness (QED) is 0.0446. The van der Waals surface area contributed by atoms with E-state index in [1.165, 1.54) is 167 Å². The topological polar surface area (TPSA) is 90.0 Å². The summed E-state index contributed by atoms with van der Waals surface area (Å²) in [5.74, 6) is 0.706. The maximum Gasteiger partial charge on any atom is 0.261 e. The highest BCUT2D eigenvalue weighted by Gasteiger charge is 2.51. The van der Waals surface area contributed by atoms with Crippen molar-refractivity contribution in [3.63, 3.8) is 0 Å². The summed E-state index contributed by atoms with van der Waals surface area (Å²) in [5, 5.41) is 7.36. The van der Waals surface area contributed by atoms with Gasteiger partial charge in [0.2, 0.25) is 0 Å². The van der Waals surface area contributed by atoms with Crippen molar-refractivity contribution in [2.24, 2.45) is 17.8 Å². The highest BCUT2D eigenvalue weighted by molar-refractivity contribution is 7.23. The molecule has 482 valence electrons. The lowest BCUT2D eigenvalue weighted by Crippen LogP contribution is -2.34. The highest BCUT2D eigenvalue weighted by atomic mass is 32.1. The second-order valence-electron chi connectivity index (χ2n) is 26.2. The van der Waals surface area contributed by atoms with Gasteiger partial charge in [0, 0.05) is 29.4 Å². The second-order valence-corrected chi connectivity index (χ2v) is 30.3. The van der Waals surface area contributed by atoms with Crippen molar-refractivity contribution in [1.82, 2.24) is 20.0 Å². The summed E-state index contributed by atoms with van der Waals surface area (Å²) in [4.78, 5) is 73.2. The smallest absolute Gasteiger partial charge is 0.261 e. The standard InChI is InChI=1S/C76H110N4O4S4/c1-7-13-19-25-28-34-42-56(39-31-22-16-10-4)53-78-70(62-45-37-51-85-62)66-65(74(78)82)69(77-73(66)81)61-49-47-59(87-61)60-48-50-64(88-60)72-68-67(75(83)80(72)55-58(41-33-24-18-12-6)44-36-30-27-21-15-9-3)71(63-46-38-52-86-63)79(76(68)84)54-57(40-32-23-17-11-5)43-35-29-26-20-14-8-2/h37-38,45-52,56-58H,7-36,39-44,53-55H2,1-6H3,(H,77,81). The molecule has 0 aliphatic carbocycles. The van der Waals surface area contributed by atoms with Crippen molar-refractivity contribution in [1.29, 1.82) is 0 Å². The third-order valence-electron chi connectivity index (χ3n) is 19.2. The van der Waals surface area contributed by atoms with Crippen molar-refractivity contribution < 1.29 is 19.2 Å². The summed E-state index contributed by atoms with van der Waals surface area (Å²) >= 11 is 6.48. The van der Waals surface area contributed by atoms with Crippen molar-refractivity contribution >= 4 is 91.8 Å². The second kappa shape index (κ2) is 37.2. The van der Waals surface area contributed by atoms with Gasteiger partial charge in [0.15, 0.2) is 0 Å². The number of unbranched alkanes of at least 4 members (excludes halogenated alkanes) is 24. The molecule has 3 atom stereocenters. The van der Waals surface area contributed by atoms with Gasteiger partial charge < -0.3 is 20.0 Å². The van der Waals surface area contributed by atoms with Gasteiger partial charge in [-0.15, -0.1) is 45.3 Å². The Kier molecular flexibility index (Phi) is 29.4. The predicted molar refractivity (Wildman–Crippen MR) is 378 cm³/mol. The van der Waals surface area contributed by atoms with Crippen LogP contribution in [0.2, 0.25) is 0 Å². The maximum absolute atomic E-state index is 15.9. The first-order valence-electron chi connectivity index (χ1n) is 35.7. The minimum absolute atomic E-state index is 0.0220. The van der Waals surface area contributed by atoms with E-state index in [-0.39, 0.29) is 23.6 Å². The third kappa shape index (κ3) is 18.4. The number of carbonyl (C=O) groups excluding carboxylic acids is 4. The largest absolute Gasteiger partial charge is 0.320 e. The number of hydrogen-bond acceptors (Lipinski definition) is 8. The Bertz CT molecular complexity index is 2940. The molecule has 12 heteroatoms. The Labute approximate surface area is 548 Å². The molecule has 0 radical (unpaired) electrons. The lowest BCUT2D eigenvalue weighted by Gasteiger charge is -2.29. The van der Waals surface area contributed by atoms with Crippen molar-refractivity contribution in [2.75, 3.05) is 19.6 Å². The van der Waals surface area contributed by atoms with E-state index in [0.29, 0.717) is 65.4 Å². The molecule has 0 saturated heterocycles. The molecular formula is C76H110N4O4S4. The number of amides is 4. The number of rotatable bonds is 47. The van der Waals surface area contributed by atoms with Gasteiger partial charge in [-0.3, -0.25) is 19.2 Å². The Balaban J connectivity index is 1.14. The van der Waals surface area contributed by atoms with E-state index in [0.717, 1.165) is 111 Å². The van der Waals surface area contributed by atoms with Gasteiger partial charge in [0.25, 0.3) is 23.6 Å². The van der Waals surface area contributed by atoms with Crippen LogP contribution in [-0.2, 0) is 19.2 Å². The Hall–Kier alpha value is -4.36. The normalized spacial score (nSPS) is 16.3. The van der Waals surface area contributed by atoms with Gasteiger partial charge >= 0.3 is 0 Å². The summed E-state index contributed by atoms with van der Waals surface area (Å²) in [6.07, 6.45) is 43.2. The summed E-state index contributed by atoms with van der Waals surface area (Å²) in [5.41, 5.74) is 5.16. The van der Waals surface area contributed by atoms with Crippen molar-refractivity contribution in [3.05, 3.63) is 101 Å². The van der Waals surface area contributed by atoms with Crippen LogP contribution in [0.25, 0.3) is 32.5 Å². The highest BCUT2D eigenvalue weighted by Crippen LogP contribution is 2.52. The monoisotopic (exact) mass is 1270 g/mol. The van der Waals surface area contributed by atoms with Crippen LogP contribution in [0.5, 0.6) is 0 Å². The van der Waals surface area contributed by atoms with Crippen LogP contribution in [0.15, 0.2) is 81.6 Å². The zero-order chi connectivity index (χ0) is 62.0. The predicted octanol–water partition coefficient (Wildman–Crippen LogP) is 22.5. The van der Waals surface area contributed by atoms with Crippen LogP contribution in [0, 0.1) is 17.8 Å². The summed E-state index contributed by atoms with van der Waals surface area (Å²) in [6.45, 7) is 15.5. The number of hydrogen-bond donors (Lipinski definition) is 1. The van der Waals surface area contributed by atoms with Gasteiger partial charge in [-0.2, -0.15) is 0 Å². The SMILES string of the molecule is CCCCCCCCC(CCCCCC)CN1C(=O)C2=C(c3ccc(-c4ccc(C5=C6C(=O)N(CC(CCCCCC)CCCCCCCC)C(c7cccs7)=C6C(=O)N5CC(CCCCCC)CCCCCCCC)s4)s3)NC(=O)C2=C1c1cccs1. The average molecular weight is 1270 g/mol. The van der Waals surface area contributed by atoms with Crippen LogP contribution in [0.4, 0.5) is 0 Å². The molecule has 1 N–H and O–H groups in total. The van der Waals surface area contributed by atoms with Crippen LogP contribution in [0.3, 0.4) is 0 Å². The molecule has 4 aliphatic rings. The number of nitrogens with zero attached hydrogens (tertiary/aromatic N) is 3. The molecule has 4 amide bonds. The fraction of sp³-hybridized carbons (Fsp3) is 0.632. The lowest BCUT2D eigenvalue weighted by molar-refractivity contribution is -0.124. The molecule has 0 spiro atoms. The molecule has 0 saturated carbocycles. The molecule has 3 unspecified atom stereocenters. The first-order chi connectivity index (χ1) is 43.2. The van der Waals surface area contributed by atoms with Gasteiger partial charge in [-0.25, -0.2) is 0 Å². The molecule has 0 aromatic carbocycles. The molecule has 0 fully saturated rings. The number of thiophene rings is 4. The molecule has 4 aromatic rings. The number of carbonyl (C=O) groups is 4. The van der Waals surface area contributed by atoms with Crippen LogP contribution < -0.4 is 5.32 Å². The lowest BCUT2D eigenvalue weighted by atomic mass is 9.93. The van der Waals surface area contributed by atoms with Crippen LogP contribution in [-0.4, -0.2) is 58.0 Å². The Morgan fingerprint density at radius 2 is 0.625 bits per heavy atom. The minimum atomic E-state index is -0.209. The van der Waals surface area contributed by atoms with Gasteiger partial charge in [-0.05, 0) is 103 Å². The zero-order valence-corrected chi connectivity index (χ0v) is 58.5. The molecule has 4 aliphatic heterocycles. The fourth-order valence-corrected chi connectivity index (χ4v) is 17.9. The number of nitrogens with one attached hydrogen (secondary N) is 1. The van der Waals surface area contributed by atoms with E-state index in [1.54, 1.807) is 45.3 Å². The van der Waals surface area contributed by atoms with Gasteiger partial charge in [0.1, 0.15) is 0 Å². The molecule has 4 aromatic heterocycles. The Morgan fingerprint density at radius 1 is 0.330 bits per heavy atom. The molecular weight excluding hydrogens is 1160 g/mol. The van der Waals surface area contributed by atoms with Crippen molar-refractivity contribution in [2.45, 2.75) is 273 Å². The summed E-state index contributed by atoms with van der Waals surface area (Å²) < 4.78 is 0. The van der Waals surface area contributed by atoms with Crippen LogP contribution >= 0.6 is 45.3 Å². The van der Waals surface area contributed by atoms with Gasteiger partial charge in [-0.1, -0.05) is 246 Å². The molecule has 0 bridgehead atoms. The fourth-order valence-electron chi connectivity index (χ4n) is 14.2. The zero-order valence-electron chi connectivity index (χ0n) is 55.2. The minimum Gasteiger partial charge on any atom is -0.320 e. The van der Waals surface area contributed by atoms with E-state index >= 15 is 14.4 Å². The van der Waals surface area contributed by atoms with E-state index in [4.69, 9.17) is 0 Å². The van der Waals surface area contributed by atoms with E-state index in [9.17, 15) is 4.79 Å². The van der Waals surface area contributed by atoms with Gasteiger partial charge in [0.05, 0.1) is 64.6 Å². The number of fused-ring (bicyclic) bond motifs is 2. The molecule has 8 nitrogen and oxygen atoms in total. The Morgan fingerprint density at radius 3 is 0.989 bits per heavy atom. The van der Waals surface area contributed by atoms with Crippen molar-refractivity contribution in [3.8, 4) is 9.75 Å². The summed E-state index contributed by atoms with van der Waals surface area (Å²) in [6, 6.07) is 16.8. The van der Waals surface area contributed by atoms with E-state index in [2.05, 4.69) is 105 Å². The molecule has 88 heavy (non-hydrogen) atoms. The first kappa shape index (κ1) is 69.5. The first-order valence-corrected chi connectivity index (χ1v) is 39.1. The summed E-state index contributed by atoms with van der Waals surface area (Å²) in [7, 11) is 0. The average Bonchev–Trinajstić information content (AvgIpc) is 1.93. The van der Waals surface area contributed by atoms with E-state index < -0.39 is 0 Å². The molecule has 8 rings (SSSR count). The maximum atomic E-state index is 15.9.